The summed E-state index contributed by atoms with van der Waals surface area (Å²) in [5.74, 6) is 0.0240. The molecule has 0 aliphatic heterocycles. The van der Waals surface area contributed by atoms with Gasteiger partial charge in [-0.05, 0) is 6.42 Å². The van der Waals surface area contributed by atoms with Crippen molar-refractivity contribution >= 4 is 11.9 Å². The van der Waals surface area contributed by atoms with Crippen LogP contribution in [0.4, 0.5) is 0 Å². The van der Waals surface area contributed by atoms with Crippen LogP contribution in [0, 0.1) is 17.8 Å². The first kappa shape index (κ1) is 13.5. The largest absolute Gasteiger partial charge is 0.481 e. The zero-order valence-corrected chi connectivity index (χ0v) is 8.82. The van der Waals surface area contributed by atoms with E-state index in [4.69, 9.17) is 16.6 Å². The minimum absolute atomic E-state index is 0.0331. The first-order chi connectivity index (χ1) is 6.98. The molecule has 15 heavy (non-hydrogen) atoms. The molecule has 0 saturated carbocycles. The van der Waals surface area contributed by atoms with Gasteiger partial charge >= 0.3 is 11.9 Å². The Bertz CT molecular complexity index is 277. The fourth-order valence-corrected chi connectivity index (χ4v) is 1.50. The molecule has 0 saturated heterocycles. The minimum Gasteiger partial charge on any atom is -0.481 e. The Labute approximate surface area is 89.3 Å². The number of unbranched alkanes of at least 4 members (excludes halogenated alkanes) is 1. The molecule has 0 bridgehead atoms. The van der Waals surface area contributed by atoms with Crippen molar-refractivity contribution in [3.05, 3.63) is 0 Å². The molecule has 0 aliphatic carbocycles. The van der Waals surface area contributed by atoms with Crippen LogP contribution in [-0.2, 0) is 9.59 Å². The lowest BCUT2D eigenvalue weighted by molar-refractivity contribution is -0.156. The van der Waals surface area contributed by atoms with E-state index in [1.54, 1.807) is 0 Å². The fraction of sp³-hybridized carbons (Fsp3) is 0.636. The van der Waals surface area contributed by atoms with Gasteiger partial charge in [-0.2, -0.15) is 0 Å². The summed E-state index contributed by atoms with van der Waals surface area (Å²) in [7, 11) is 0. The Morgan fingerprint density at radius 2 is 2.00 bits per heavy atom. The van der Waals surface area contributed by atoms with Crippen molar-refractivity contribution in [1.29, 1.82) is 0 Å². The maximum Gasteiger partial charge on any atom is 0.311 e. The van der Waals surface area contributed by atoms with Gasteiger partial charge in [0.2, 0.25) is 0 Å². The van der Waals surface area contributed by atoms with Gasteiger partial charge in [-0.1, -0.05) is 19.8 Å². The van der Waals surface area contributed by atoms with Gasteiger partial charge < -0.3 is 10.2 Å². The lowest BCUT2D eigenvalue weighted by Crippen LogP contribution is -2.33. The highest BCUT2D eigenvalue weighted by Crippen LogP contribution is 2.33. The number of aliphatic carboxylic acids is 2. The molecule has 0 aromatic rings. The molecular formula is C11H16O4. The Morgan fingerprint density at radius 1 is 1.40 bits per heavy atom. The Morgan fingerprint density at radius 3 is 2.33 bits per heavy atom. The summed E-state index contributed by atoms with van der Waals surface area (Å²) in [6, 6.07) is 0. The molecule has 84 valence electrons. The van der Waals surface area contributed by atoms with E-state index in [0.717, 1.165) is 6.42 Å². The monoisotopic (exact) mass is 212 g/mol. The summed E-state index contributed by atoms with van der Waals surface area (Å²) in [6.07, 6.45) is 6.45. The molecule has 0 aromatic carbocycles. The quantitative estimate of drug-likeness (QED) is 0.630. The lowest BCUT2D eigenvalue weighted by atomic mass is 9.77. The van der Waals surface area contributed by atoms with Crippen molar-refractivity contribution < 1.29 is 19.8 Å². The van der Waals surface area contributed by atoms with E-state index in [1.807, 2.05) is 6.92 Å². The molecule has 0 aliphatic rings. The number of hydrogen-bond acceptors (Lipinski definition) is 2. The molecule has 4 nitrogen and oxygen atoms in total. The lowest BCUT2D eigenvalue weighted by Gasteiger charge is -2.25. The number of carbonyl (C=O) groups is 2. The molecule has 1 atom stereocenters. The number of carboxylic acid groups (broad SMARTS) is 2. The van der Waals surface area contributed by atoms with E-state index >= 15 is 0 Å². The number of terminal acetylenes is 1. The molecular weight excluding hydrogens is 196 g/mol. The Balaban J connectivity index is 4.81. The zero-order chi connectivity index (χ0) is 11.9. The van der Waals surface area contributed by atoms with E-state index in [0.29, 0.717) is 12.8 Å². The highest BCUT2D eigenvalue weighted by atomic mass is 16.4. The molecule has 0 spiro atoms. The second-order valence-electron chi connectivity index (χ2n) is 3.64. The molecule has 0 amide bonds. The maximum atomic E-state index is 11.1. The summed E-state index contributed by atoms with van der Waals surface area (Å²) >= 11 is 0. The van der Waals surface area contributed by atoms with Crippen molar-refractivity contribution in [2.45, 2.75) is 39.0 Å². The van der Waals surface area contributed by atoms with Crippen LogP contribution in [0.15, 0.2) is 0 Å². The van der Waals surface area contributed by atoms with Crippen molar-refractivity contribution in [2.75, 3.05) is 0 Å². The Hall–Kier alpha value is -1.50. The number of rotatable bonds is 7. The van der Waals surface area contributed by atoms with Gasteiger partial charge in [-0.15, -0.1) is 12.3 Å². The van der Waals surface area contributed by atoms with Gasteiger partial charge in [-0.25, -0.2) is 0 Å². The standard InChI is InChI=1S/C11H16O4/c1-3-5-7-11(6-4-2,10(14)15)8-9(12)13/h2H,3,5-8H2,1H3,(H,12,13)(H,14,15). The van der Waals surface area contributed by atoms with Crippen LogP contribution in [0.3, 0.4) is 0 Å². The second-order valence-corrected chi connectivity index (χ2v) is 3.64. The first-order valence-corrected chi connectivity index (χ1v) is 4.87. The van der Waals surface area contributed by atoms with E-state index in [-0.39, 0.29) is 6.42 Å². The molecule has 0 aromatic heterocycles. The molecule has 1 unspecified atom stereocenters. The summed E-state index contributed by atoms with van der Waals surface area (Å²) in [5.41, 5.74) is -1.30. The van der Waals surface area contributed by atoms with Gasteiger partial charge in [0.15, 0.2) is 0 Å². The summed E-state index contributed by atoms with van der Waals surface area (Å²) < 4.78 is 0. The molecule has 4 heteroatoms. The van der Waals surface area contributed by atoms with E-state index < -0.39 is 23.8 Å². The zero-order valence-electron chi connectivity index (χ0n) is 8.82. The number of hydrogen-bond donors (Lipinski definition) is 2. The van der Waals surface area contributed by atoms with E-state index in [1.165, 1.54) is 0 Å². The van der Waals surface area contributed by atoms with Gasteiger partial charge in [0, 0.05) is 6.42 Å². The smallest absolute Gasteiger partial charge is 0.311 e. The first-order valence-electron chi connectivity index (χ1n) is 4.87. The average molecular weight is 212 g/mol. The van der Waals surface area contributed by atoms with Crippen LogP contribution in [0.5, 0.6) is 0 Å². The topological polar surface area (TPSA) is 74.6 Å². The van der Waals surface area contributed by atoms with E-state index in [2.05, 4.69) is 5.92 Å². The minimum atomic E-state index is -1.30. The normalized spacial score (nSPS) is 13.9. The van der Waals surface area contributed by atoms with Crippen LogP contribution < -0.4 is 0 Å². The number of carboxylic acids is 2. The third kappa shape index (κ3) is 4.03. The molecule has 0 fully saturated rings. The molecule has 0 radical (unpaired) electrons. The van der Waals surface area contributed by atoms with Crippen molar-refractivity contribution in [1.82, 2.24) is 0 Å². The molecule has 2 N–H and O–H groups in total. The molecule has 0 rings (SSSR count). The van der Waals surface area contributed by atoms with E-state index in [9.17, 15) is 9.59 Å². The molecule has 0 heterocycles. The van der Waals surface area contributed by atoms with Gasteiger partial charge in [0.05, 0.1) is 11.8 Å². The van der Waals surface area contributed by atoms with Crippen LogP contribution in [0.1, 0.15) is 39.0 Å². The predicted octanol–water partition coefficient (Wildman–Crippen LogP) is 1.75. The summed E-state index contributed by atoms with van der Waals surface area (Å²) in [5, 5.41) is 17.8. The second kappa shape index (κ2) is 6.07. The van der Waals surface area contributed by atoms with Gasteiger partial charge in [-0.3, -0.25) is 9.59 Å². The van der Waals surface area contributed by atoms with Crippen molar-refractivity contribution in [3.8, 4) is 12.3 Å². The van der Waals surface area contributed by atoms with Crippen LogP contribution in [0.25, 0.3) is 0 Å². The average Bonchev–Trinajstić information content (AvgIpc) is 2.13. The van der Waals surface area contributed by atoms with Crippen molar-refractivity contribution in [3.63, 3.8) is 0 Å². The summed E-state index contributed by atoms with van der Waals surface area (Å²) in [6.45, 7) is 1.92. The van der Waals surface area contributed by atoms with Gasteiger partial charge in [0.25, 0.3) is 0 Å². The predicted molar refractivity (Wildman–Crippen MR) is 55.3 cm³/mol. The maximum absolute atomic E-state index is 11.1. The van der Waals surface area contributed by atoms with Crippen LogP contribution >= 0.6 is 0 Å². The summed E-state index contributed by atoms with van der Waals surface area (Å²) in [4.78, 5) is 21.7. The Kier molecular flexibility index (Phi) is 5.46. The third-order valence-corrected chi connectivity index (χ3v) is 2.39. The van der Waals surface area contributed by atoms with Crippen LogP contribution in [0.2, 0.25) is 0 Å². The van der Waals surface area contributed by atoms with Crippen molar-refractivity contribution in [2.24, 2.45) is 5.41 Å². The van der Waals surface area contributed by atoms with Gasteiger partial charge in [0.1, 0.15) is 0 Å². The highest BCUT2D eigenvalue weighted by Gasteiger charge is 2.39. The third-order valence-electron chi connectivity index (χ3n) is 2.39. The SMILES string of the molecule is C#CCC(CCCC)(CC(=O)O)C(=O)O. The fourth-order valence-electron chi connectivity index (χ4n) is 1.50. The van der Waals surface area contributed by atoms with Crippen LogP contribution in [-0.4, -0.2) is 22.2 Å². The highest BCUT2D eigenvalue weighted by molar-refractivity contribution is 5.81.